The van der Waals surface area contributed by atoms with Crippen LogP contribution in [0, 0.1) is 6.92 Å². The van der Waals surface area contributed by atoms with E-state index in [-0.39, 0.29) is 17.7 Å². The highest BCUT2D eigenvalue weighted by Crippen LogP contribution is 2.12. The van der Waals surface area contributed by atoms with Crippen LogP contribution in [0.2, 0.25) is 0 Å². The van der Waals surface area contributed by atoms with Crippen molar-refractivity contribution in [2.45, 2.75) is 53.4 Å². The van der Waals surface area contributed by atoms with Gasteiger partial charge in [-0.25, -0.2) is 9.59 Å². The Hall–Kier alpha value is -2.66. The second kappa shape index (κ2) is 18.4. The lowest BCUT2D eigenvalue weighted by molar-refractivity contribution is 0.0452. The van der Waals surface area contributed by atoms with Crippen LogP contribution in [0.15, 0.2) is 54.6 Å². The summed E-state index contributed by atoms with van der Waals surface area (Å²) >= 11 is 0. The largest absolute Gasteiger partial charge is 0.462 e. The average molecular weight is 417 g/mol. The number of hydrogen-bond acceptors (Lipinski definition) is 5. The third-order valence-electron chi connectivity index (χ3n) is 3.77. The Morgan fingerprint density at radius 3 is 1.40 bits per heavy atom. The number of rotatable bonds is 8. The molecule has 0 aliphatic rings. The minimum atomic E-state index is -0.471. The van der Waals surface area contributed by atoms with Gasteiger partial charge in [0.15, 0.2) is 0 Å². The third kappa shape index (κ3) is 12.7. The lowest BCUT2D eigenvalue weighted by atomic mass is 10.1. The zero-order valence-corrected chi connectivity index (χ0v) is 18.7. The van der Waals surface area contributed by atoms with Crippen molar-refractivity contribution in [3.8, 4) is 0 Å². The predicted octanol–water partition coefficient (Wildman–Crippen LogP) is 5.59. The molecule has 0 radical (unpaired) electrons. The van der Waals surface area contributed by atoms with Crippen molar-refractivity contribution in [2.75, 3.05) is 19.8 Å². The molecule has 0 fully saturated rings. The number of aliphatic hydroxyl groups is 1. The molecule has 0 spiro atoms. The normalized spacial score (nSPS) is 9.37. The molecule has 0 saturated heterocycles. The van der Waals surface area contributed by atoms with E-state index in [2.05, 4.69) is 19.1 Å². The van der Waals surface area contributed by atoms with E-state index >= 15 is 0 Å². The number of ether oxygens (including phenoxy) is 2. The third-order valence-corrected chi connectivity index (χ3v) is 3.77. The van der Waals surface area contributed by atoms with Gasteiger partial charge in [0.1, 0.15) is 0 Å². The summed E-state index contributed by atoms with van der Waals surface area (Å²) in [4.78, 5) is 23.9. The van der Waals surface area contributed by atoms with Crippen LogP contribution >= 0.6 is 0 Å². The van der Waals surface area contributed by atoms with E-state index in [1.807, 2.05) is 32.0 Å². The molecule has 0 bridgehead atoms. The lowest BCUT2D eigenvalue weighted by Crippen LogP contribution is -2.14. The molecule has 0 aliphatic heterocycles. The van der Waals surface area contributed by atoms with Crippen molar-refractivity contribution in [3.05, 3.63) is 71.3 Å². The fourth-order valence-electron chi connectivity index (χ4n) is 2.15. The van der Waals surface area contributed by atoms with Gasteiger partial charge in [-0.05, 0) is 38.8 Å². The van der Waals surface area contributed by atoms with E-state index in [4.69, 9.17) is 14.6 Å². The Bertz CT molecular complexity index is 657. The second-order valence-corrected chi connectivity index (χ2v) is 6.50. The summed E-state index contributed by atoms with van der Waals surface area (Å²) in [6.07, 6.45) is 3.53. The SMILES string of the molecule is CCCCOC(=O)c1ccccc1C(=O)OCCCC.CCO.Cc1ccccc1. The molecule has 30 heavy (non-hydrogen) atoms. The number of esters is 2. The van der Waals surface area contributed by atoms with E-state index in [1.165, 1.54) is 5.56 Å². The van der Waals surface area contributed by atoms with E-state index in [1.54, 1.807) is 31.2 Å². The summed E-state index contributed by atoms with van der Waals surface area (Å²) in [6, 6.07) is 16.9. The molecule has 0 aromatic heterocycles. The van der Waals surface area contributed by atoms with E-state index in [0.29, 0.717) is 13.2 Å². The van der Waals surface area contributed by atoms with E-state index in [9.17, 15) is 9.59 Å². The number of carbonyl (C=O) groups is 2. The monoisotopic (exact) mass is 416 g/mol. The number of unbranched alkanes of at least 4 members (excludes halogenated alkanes) is 2. The maximum Gasteiger partial charge on any atom is 0.339 e. The average Bonchev–Trinajstić information content (AvgIpc) is 2.75. The molecule has 2 rings (SSSR count). The fraction of sp³-hybridized carbons (Fsp3) is 0.440. The quantitative estimate of drug-likeness (QED) is 0.448. The lowest BCUT2D eigenvalue weighted by Gasteiger charge is -2.09. The molecule has 0 saturated carbocycles. The molecule has 0 heterocycles. The van der Waals surface area contributed by atoms with Gasteiger partial charge in [-0.3, -0.25) is 0 Å². The highest BCUT2D eigenvalue weighted by atomic mass is 16.5. The van der Waals surface area contributed by atoms with Gasteiger partial charge in [0.25, 0.3) is 0 Å². The second-order valence-electron chi connectivity index (χ2n) is 6.50. The van der Waals surface area contributed by atoms with Crippen LogP contribution in [0.5, 0.6) is 0 Å². The fourth-order valence-corrected chi connectivity index (χ4v) is 2.15. The number of aliphatic hydroxyl groups excluding tert-OH is 1. The molecule has 0 atom stereocenters. The van der Waals surface area contributed by atoms with Crippen LogP contribution in [0.3, 0.4) is 0 Å². The van der Waals surface area contributed by atoms with Crippen molar-refractivity contribution in [1.29, 1.82) is 0 Å². The summed E-state index contributed by atoms with van der Waals surface area (Å²) in [6.45, 7) is 8.79. The van der Waals surface area contributed by atoms with Crippen LogP contribution in [0.1, 0.15) is 72.7 Å². The minimum absolute atomic E-state index is 0.250. The van der Waals surface area contributed by atoms with Gasteiger partial charge in [0, 0.05) is 6.61 Å². The Morgan fingerprint density at radius 2 is 1.10 bits per heavy atom. The summed E-state index contributed by atoms with van der Waals surface area (Å²) in [5, 5.41) is 7.57. The van der Waals surface area contributed by atoms with Gasteiger partial charge in [0.2, 0.25) is 0 Å². The zero-order valence-electron chi connectivity index (χ0n) is 18.7. The first-order valence-electron chi connectivity index (χ1n) is 10.6. The van der Waals surface area contributed by atoms with Gasteiger partial charge in [-0.1, -0.05) is 74.7 Å². The summed E-state index contributed by atoms with van der Waals surface area (Å²) < 4.78 is 10.3. The molecule has 0 amide bonds. The van der Waals surface area contributed by atoms with Crippen LogP contribution < -0.4 is 0 Å². The summed E-state index contributed by atoms with van der Waals surface area (Å²) in [5.74, 6) is -0.942. The molecule has 0 aliphatic carbocycles. The molecular weight excluding hydrogens is 380 g/mol. The summed E-state index contributed by atoms with van der Waals surface area (Å²) in [5.41, 5.74) is 1.86. The summed E-state index contributed by atoms with van der Waals surface area (Å²) in [7, 11) is 0. The maximum absolute atomic E-state index is 11.9. The van der Waals surface area contributed by atoms with Crippen LogP contribution in [-0.4, -0.2) is 36.9 Å². The number of aryl methyl sites for hydroxylation is 1. The molecule has 166 valence electrons. The molecule has 1 N–H and O–H groups in total. The van der Waals surface area contributed by atoms with Gasteiger partial charge < -0.3 is 14.6 Å². The molecule has 2 aromatic rings. The topological polar surface area (TPSA) is 72.8 Å². The zero-order chi connectivity index (χ0) is 22.6. The van der Waals surface area contributed by atoms with E-state index < -0.39 is 11.9 Å². The highest BCUT2D eigenvalue weighted by molar-refractivity contribution is 6.03. The maximum atomic E-state index is 11.9. The van der Waals surface area contributed by atoms with Gasteiger partial charge >= 0.3 is 11.9 Å². The predicted molar refractivity (Wildman–Crippen MR) is 121 cm³/mol. The van der Waals surface area contributed by atoms with Crippen molar-refractivity contribution < 1.29 is 24.2 Å². The minimum Gasteiger partial charge on any atom is -0.462 e. The standard InChI is InChI=1S/C16H22O4.C7H8.C2H6O/c1-3-5-11-19-15(17)13-9-7-8-10-14(13)16(18)20-12-6-4-2;1-7-5-3-2-4-6-7;1-2-3/h7-10H,3-6,11-12H2,1-2H3;2-6H,1H3;3H,2H2,1H3. The van der Waals surface area contributed by atoms with Crippen molar-refractivity contribution in [3.63, 3.8) is 0 Å². The number of hydrogen-bond donors (Lipinski definition) is 1. The Labute approximate surface area is 181 Å². The molecule has 5 heteroatoms. The molecule has 5 nitrogen and oxygen atoms in total. The van der Waals surface area contributed by atoms with Crippen molar-refractivity contribution >= 4 is 11.9 Å². The smallest absolute Gasteiger partial charge is 0.339 e. The first kappa shape index (κ1) is 27.3. The highest BCUT2D eigenvalue weighted by Gasteiger charge is 2.18. The number of carbonyl (C=O) groups excluding carboxylic acids is 2. The first-order chi connectivity index (χ1) is 14.5. The van der Waals surface area contributed by atoms with Crippen LogP contribution in [0.4, 0.5) is 0 Å². The van der Waals surface area contributed by atoms with Gasteiger partial charge in [-0.2, -0.15) is 0 Å². The number of benzene rings is 2. The van der Waals surface area contributed by atoms with Crippen LogP contribution in [-0.2, 0) is 9.47 Å². The van der Waals surface area contributed by atoms with Gasteiger partial charge in [0.05, 0.1) is 24.3 Å². The Balaban J connectivity index is 0.000000690. The Kier molecular flexibility index (Phi) is 16.7. The Morgan fingerprint density at radius 1 is 0.733 bits per heavy atom. The molecular formula is C25H36O5. The van der Waals surface area contributed by atoms with Gasteiger partial charge in [-0.15, -0.1) is 0 Å². The van der Waals surface area contributed by atoms with Crippen LogP contribution in [0.25, 0.3) is 0 Å². The van der Waals surface area contributed by atoms with Crippen molar-refractivity contribution in [1.82, 2.24) is 0 Å². The van der Waals surface area contributed by atoms with Crippen molar-refractivity contribution in [2.24, 2.45) is 0 Å². The molecule has 0 unspecified atom stereocenters. The van der Waals surface area contributed by atoms with E-state index in [0.717, 1.165) is 25.7 Å². The first-order valence-corrected chi connectivity index (χ1v) is 10.6. The molecule has 2 aromatic carbocycles.